The minimum atomic E-state index is -0.240. The Kier molecular flexibility index (Phi) is 4.80. The molecular formula is C17H17FN2. The van der Waals surface area contributed by atoms with Crippen molar-refractivity contribution in [1.82, 2.24) is 10.3 Å². The van der Waals surface area contributed by atoms with Gasteiger partial charge in [-0.1, -0.05) is 43.0 Å². The van der Waals surface area contributed by atoms with E-state index in [1.165, 1.54) is 6.08 Å². The fourth-order valence-electron chi connectivity index (χ4n) is 1.95. The molecule has 1 aromatic carbocycles. The molecule has 102 valence electrons. The molecule has 3 heteroatoms. The summed E-state index contributed by atoms with van der Waals surface area (Å²) in [5, 5.41) is 3.84. The van der Waals surface area contributed by atoms with E-state index >= 15 is 0 Å². The lowest BCUT2D eigenvalue weighted by molar-refractivity contribution is 0.593. The molecule has 0 aliphatic rings. The van der Waals surface area contributed by atoms with Gasteiger partial charge in [0.15, 0.2) is 0 Å². The first kappa shape index (κ1) is 14.2. The number of hydrogen-bond donors (Lipinski definition) is 1. The van der Waals surface area contributed by atoms with Crippen LogP contribution < -0.4 is 5.32 Å². The molecule has 0 unspecified atom stereocenters. The van der Waals surface area contributed by atoms with Gasteiger partial charge in [0.1, 0.15) is 5.83 Å². The number of fused-ring (bicyclic) bond motifs is 1. The number of rotatable bonds is 5. The highest BCUT2D eigenvalue weighted by atomic mass is 19.1. The lowest BCUT2D eigenvalue weighted by atomic mass is 10.1. The molecular weight excluding hydrogens is 251 g/mol. The maximum Gasteiger partial charge on any atom is 0.114 e. The van der Waals surface area contributed by atoms with E-state index in [2.05, 4.69) is 16.9 Å². The molecule has 0 atom stereocenters. The Labute approximate surface area is 118 Å². The van der Waals surface area contributed by atoms with Crippen LogP contribution in [0.2, 0.25) is 0 Å². The Morgan fingerprint density at radius 1 is 1.30 bits per heavy atom. The third-order valence-corrected chi connectivity index (χ3v) is 2.85. The van der Waals surface area contributed by atoms with Crippen molar-refractivity contribution < 1.29 is 4.39 Å². The van der Waals surface area contributed by atoms with Crippen LogP contribution in [0.5, 0.6) is 0 Å². The molecule has 2 nitrogen and oxygen atoms in total. The van der Waals surface area contributed by atoms with E-state index in [1.807, 2.05) is 36.4 Å². The largest absolute Gasteiger partial charge is 0.314 e. The van der Waals surface area contributed by atoms with Gasteiger partial charge in [-0.25, -0.2) is 9.37 Å². The normalized spacial score (nSPS) is 12.7. The SMILES string of the molecule is C=C/C=C(\C=C(\F)CNC)c1ccc2ccccc2n1. The number of likely N-dealkylation sites (N-methyl/N-ethyl adjacent to an activating group) is 1. The number of pyridine rings is 1. The van der Waals surface area contributed by atoms with Gasteiger partial charge in [-0.2, -0.15) is 0 Å². The number of benzene rings is 1. The van der Waals surface area contributed by atoms with Crippen LogP contribution in [0.15, 0.2) is 67.0 Å². The molecule has 0 bridgehead atoms. The van der Waals surface area contributed by atoms with Crippen LogP contribution in [0.25, 0.3) is 16.5 Å². The summed E-state index contributed by atoms with van der Waals surface area (Å²) in [6.07, 6.45) is 4.87. The Balaban J connectivity index is 2.44. The molecule has 0 amide bonds. The van der Waals surface area contributed by atoms with Crippen LogP contribution in [0, 0.1) is 0 Å². The smallest absolute Gasteiger partial charge is 0.114 e. The van der Waals surface area contributed by atoms with Crippen molar-refractivity contribution in [3.63, 3.8) is 0 Å². The topological polar surface area (TPSA) is 24.9 Å². The lowest BCUT2D eigenvalue weighted by Crippen LogP contribution is -2.08. The van der Waals surface area contributed by atoms with Crippen LogP contribution in [0.3, 0.4) is 0 Å². The highest BCUT2D eigenvalue weighted by molar-refractivity contribution is 5.83. The highest BCUT2D eigenvalue weighted by Gasteiger charge is 2.04. The summed E-state index contributed by atoms with van der Waals surface area (Å²) < 4.78 is 13.7. The van der Waals surface area contributed by atoms with Gasteiger partial charge >= 0.3 is 0 Å². The molecule has 0 radical (unpaired) electrons. The van der Waals surface area contributed by atoms with Crippen molar-refractivity contribution >= 4 is 16.5 Å². The summed E-state index contributed by atoms with van der Waals surface area (Å²) >= 11 is 0. The Bertz CT molecular complexity index is 671. The zero-order valence-electron chi connectivity index (χ0n) is 11.4. The number of nitrogens with zero attached hydrogens (tertiary/aromatic N) is 1. The van der Waals surface area contributed by atoms with Crippen LogP contribution in [0.4, 0.5) is 4.39 Å². The number of hydrogen-bond acceptors (Lipinski definition) is 2. The van der Waals surface area contributed by atoms with Gasteiger partial charge < -0.3 is 5.32 Å². The highest BCUT2D eigenvalue weighted by Crippen LogP contribution is 2.20. The van der Waals surface area contributed by atoms with Gasteiger partial charge in [0.25, 0.3) is 0 Å². The third-order valence-electron chi connectivity index (χ3n) is 2.85. The minimum Gasteiger partial charge on any atom is -0.314 e. The second-order valence-electron chi connectivity index (χ2n) is 4.37. The Morgan fingerprint density at radius 2 is 2.10 bits per heavy atom. The van der Waals surface area contributed by atoms with Crippen LogP contribution in [0.1, 0.15) is 5.69 Å². The van der Waals surface area contributed by atoms with E-state index in [4.69, 9.17) is 0 Å². The molecule has 2 aromatic rings. The Hall–Kier alpha value is -2.26. The summed E-state index contributed by atoms with van der Waals surface area (Å²) in [6, 6.07) is 11.7. The van der Waals surface area contributed by atoms with E-state index in [0.29, 0.717) is 5.57 Å². The van der Waals surface area contributed by atoms with Gasteiger partial charge in [-0.05, 0) is 25.3 Å². The van der Waals surface area contributed by atoms with E-state index in [1.54, 1.807) is 19.2 Å². The number of aromatic nitrogens is 1. The Morgan fingerprint density at radius 3 is 2.85 bits per heavy atom. The van der Waals surface area contributed by atoms with Crippen molar-refractivity contribution in [3.8, 4) is 0 Å². The average Bonchev–Trinajstić information content (AvgIpc) is 2.46. The number of nitrogens with one attached hydrogen (secondary N) is 1. The van der Waals surface area contributed by atoms with Crippen molar-refractivity contribution in [2.45, 2.75) is 0 Å². The maximum atomic E-state index is 13.7. The van der Waals surface area contributed by atoms with Crippen molar-refractivity contribution in [3.05, 3.63) is 72.7 Å². The third kappa shape index (κ3) is 3.39. The minimum absolute atomic E-state index is 0.196. The first-order chi connectivity index (χ1) is 9.74. The zero-order chi connectivity index (χ0) is 14.4. The lowest BCUT2D eigenvalue weighted by Gasteiger charge is -2.05. The molecule has 0 saturated heterocycles. The van der Waals surface area contributed by atoms with Gasteiger partial charge in [-0.3, -0.25) is 0 Å². The first-order valence-electron chi connectivity index (χ1n) is 6.44. The molecule has 20 heavy (non-hydrogen) atoms. The predicted octanol–water partition coefficient (Wildman–Crippen LogP) is 3.88. The average molecular weight is 268 g/mol. The second-order valence-corrected chi connectivity index (χ2v) is 4.37. The molecule has 0 aliphatic heterocycles. The predicted molar refractivity (Wildman–Crippen MR) is 83.0 cm³/mol. The second kappa shape index (κ2) is 6.78. The fourth-order valence-corrected chi connectivity index (χ4v) is 1.95. The van der Waals surface area contributed by atoms with E-state index in [9.17, 15) is 4.39 Å². The summed E-state index contributed by atoms with van der Waals surface area (Å²) in [7, 11) is 1.71. The van der Waals surface area contributed by atoms with E-state index in [-0.39, 0.29) is 12.4 Å². The maximum absolute atomic E-state index is 13.7. The molecule has 1 heterocycles. The molecule has 0 spiro atoms. The molecule has 1 N–H and O–H groups in total. The van der Waals surface area contributed by atoms with Gasteiger partial charge in [0.05, 0.1) is 11.2 Å². The zero-order valence-corrected chi connectivity index (χ0v) is 11.4. The first-order valence-corrected chi connectivity index (χ1v) is 6.44. The van der Waals surface area contributed by atoms with Gasteiger partial charge in [0, 0.05) is 17.5 Å². The van der Waals surface area contributed by atoms with Gasteiger partial charge in [-0.15, -0.1) is 0 Å². The van der Waals surface area contributed by atoms with Crippen LogP contribution in [-0.2, 0) is 0 Å². The van der Waals surface area contributed by atoms with Crippen molar-refractivity contribution in [2.75, 3.05) is 13.6 Å². The van der Waals surface area contributed by atoms with Gasteiger partial charge in [0.2, 0.25) is 0 Å². The summed E-state index contributed by atoms with van der Waals surface area (Å²) in [5.74, 6) is -0.240. The molecule has 0 fully saturated rings. The molecule has 1 aromatic heterocycles. The molecule has 2 rings (SSSR count). The van der Waals surface area contributed by atoms with Crippen molar-refractivity contribution in [1.29, 1.82) is 0 Å². The summed E-state index contributed by atoms with van der Waals surface area (Å²) in [4.78, 5) is 4.56. The number of allylic oxidation sites excluding steroid dienone is 4. The number of halogens is 1. The summed E-state index contributed by atoms with van der Waals surface area (Å²) in [6.45, 7) is 3.87. The fraction of sp³-hybridized carbons (Fsp3) is 0.118. The van der Waals surface area contributed by atoms with E-state index < -0.39 is 0 Å². The molecule has 0 aliphatic carbocycles. The summed E-state index contributed by atoms with van der Waals surface area (Å²) in [5.41, 5.74) is 2.33. The molecule has 0 saturated carbocycles. The van der Waals surface area contributed by atoms with Crippen LogP contribution in [-0.4, -0.2) is 18.6 Å². The van der Waals surface area contributed by atoms with Crippen LogP contribution >= 0.6 is 0 Å². The van der Waals surface area contributed by atoms with E-state index in [0.717, 1.165) is 16.6 Å². The number of para-hydroxylation sites is 1. The van der Waals surface area contributed by atoms with Crippen molar-refractivity contribution in [2.24, 2.45) is 0 Å². The quantitative estimate of drug-likeness (QED) is 0.832. The monoisotopic (exact) mass is 268 g/mol. The standard InChI is InChI=1S/C17H17FN2/c1-3-6-14(11-15(18)12-19-2)17-10-9-13-7-4-5-8-16(13)20-17/h3-11,19H,1,12H2,2H3/b14-6+,15-11+.